The Morgan fingerprint density at radius 2 is 2.33 bits per heavy atom. The number of thiophene rings is 1. The van der Waals surface area contributed by atoms with Crippen LogP contribution in [0.25, 0.3) is 0 Å². The van der Waals surface area contributed by atoms with Crippen molar-refractivity contribution in [3.8, 4) is 0 Å². The number of rotatable bonds is 6. The number of thioether (sulfide) groups is 1. The molecule has 0 saturated heterocycles. The maximum atomic E-state index is 11.6. The quantitative estimate of drug-likeness (QED) is 0.770. The maximum Gasteiger partial charge on any atom is 0.147 e. The summed E-state index contributed by atoms with van der Waals surface area (Å²) >= 11 is 9.02. The molecule has 0 aliphatic carbocycles. The molecule has 0 N–H and O–H groups in total. The lowest BCUT2D eigenvalue weighted by atomic mass is 10.3. The second-order valence-corrected chi connectivity index (χ2v) is 6.68. The topological polar surface area (TPSA) is 17.1 Å². The van der Waals surface area contributed by atoms with Crippen molar-refractivity contribution in [1.29, 1.82) is 0 Å². The van der Waals surface area contributed by atoms with Gasteiger partial charge in [0, 0.05) is 16.5 Å². The fraction of sp³-hybridized carbons (Fsp3) is 0.545. The van der Waals surface area contributed by atoms with Crippen molar-refractivity contribution in [2.45, 2.75) is 31.9 Å². The summed E-state index contributed by atoms with van der Waals surface area (Å²) in [6, 6.07) is 3.77. The van der Waals surface area contributed by atoms with E-state index in [9.17, 15) is 4.79 Å². The summed E-state index contributed by atoms with van der Waals surface area (Å²) in [6.07, 6.45) is 1.64. The van der Waals surface area contributed by atoms with Crippen LogP contribution in [0.15, 0.2) is 12.1 Å². The van der Waals surface area contributed by atoms with E-state index in [1.165, 1.54) is 11.3 Å². The number of carbonyl (C=O) groups excluding carboxylic acids is 1. The van der Waals surface area contributed by atoms with E-state index in [0.29, 0.717) is 23.2 Å². The smallest absolute Gasteiger partial charge is 0.147 e. The molecule has 0 bridgehead atoms. The molecule has 0 aromatic carbocycles. The largest absolute Gasteiger partial charge is 0.298 e. The van der Waals surface area contributed by atoms with Gasteiger partial charge in [-0.05, 0) is 18.6 Å². The molecular weight excluding hydrogens is 248 g/mol. The molecule has 1 rings (SSSR count). The molecule has 0 radical (unpaired) electrons. The van der Waals surface area contributed by atoms with Crippen molar-refractivity contribution in [3.05, 3.63) is 21.3 Å². The predicted octanol–water partition coefficient (Wildman–Crippen LogP) is 4.04. The lowest BCUT2D eigenvalue weighted by molar-refractivity contribution is -0.115. The normalized spacial score (nSPS) is 12.7. The Kier molecular flexibility index (Phi) is 5.72. The number of ketones is 1. The summed E-state index contributed by atoms with van der Waals surface area (Å²) in [5.41, 5.74) is 0. The van der Waals surface area contributed by atoms with Gasteiger partial charge in [-0.1, -0.05) is 25.4 Å². The zero-order valence-corrected chi connectivity index (χ0v) is 11.3. The number of Topliss-reactive ketones (excluding diaryl/α,β-unsaturated/α-hetero) is 1. The molecule has 0 spiro atoms. The van der Waals surface area contributed by atoms with Crippen molar-refractivity contribution in [3.63, 3.8) is 0 Å². The van der Waals surface area contributed by atoms with Gasteiger partial charge in [0.25, 0.3) is 0 Å². The molecule has 1 aromatic rings. The molecule has 0 fully saturated rings. The number of hydrogen-bond acceptors (Lipinski definition) is 3. The summed E-state index contributed by atoms with van der Waals surface area (Å²) in [5.74, 6) is 0.906. The van der Waals surface area contributed by atoms with E-state index in [0.717, 1.165) is 15.6 Å². The Hall–Kier alpha value is 0.01000. The molecule has 84 valence electrons. The standard InChI is InChI=1S/C11H15ClOS2/c1-3-8(2)14-7-9(13)6-10-4-5-11(12)15-10/h4-5,8H,3,6-7H2,1-2H3. The second-order valence-electron chi connectivity index (χ2n) is 3.45. The Balaban J connectivity index is 2.30. The molecule has 1 unspecified atom stereocenters. The van der Waals surface area contributed by atoms with Crippen molar-refractivity contribution < 1.29 is 4.79 Å². The van der Waals surface area contributed by atoms with Gasteiger partial charge in [0.15, 0.2) is 0 Å². The third kappa shape index (κ3) is 5.05. The minimum atomic E-state index is 0.291. The van der Waals surface area contributed by atoms with Gasteiger partial charge in [-0.2, -0.15) is 11.8 Å². The van der Waals surface area contributed by atoms with Crippen LogP contribution in [0, 0.1) is 0 Å². The third-order valence-electron chi connectivity index (χ3n) is 2.10. The molecule has 1 nitrogen and oxygen atoms in total. The van der Waals surface area contributed by atoms with E-state index in [2.05, 4.69) is 13.8 Å². The van der Waals surface area contributed by atoms with Crippen LogP contribution in [0.4, 0.5) is 0 Å². The highest BCUT2D eigenvalue weighted by Gasteiger charge is 2.08. The zero-order valence-electron chi connectivity index (χ0n) is 8.96. The molecule has 1 heterocycles. The van der Waals surface area contributed by atoms with E-state index in [1.807, 2.05) is 12.1 Å². The zero-order chi connectivity index (χ0) is 11.3. The Morgan fingerprint density at radius 3 is 2.87 bits per heavy atom. The predicted molar refractivity (Wildman–Crippen MR) is 70.3 cm³/mol. The lowest BCUT2D eigenvalue weighted by Gasteiger charge is -2.06. The summed E-state index contributed by atoms with van der Waals surface area (Å²) in [7, 11) is 0. The molecule has 0 amide bonds. The van der Waals surface area contributed by atoms with Crippen molar-refractivity contribution >= 4 is 40.5 Å². The maximum absolute atomic E-state index is 11.6. The van der Waals surface area contributed by atoms with Gasteiger partial charge >= 0.3 is 0 Å². The number of hydrogen-bond donors (Lipinski definition) is 0. The van der Waals surface area contributed by atoms with Crippen molar-refractivity contribution in [2.75, 3.05) is 5.75 Å². The molecule has 1 atom stereocenters. The summed E-state index contributed by atoms with van der Waals surface area (Å²) in [6.45, 7) is 4.29. The Labute approximate surface area is 104 Å². The molecule has 4 heteroatoms. The van der Waals surface area contributed by atoms with E-state index in [4.69, 9.17) is 11.6 Å². The van der Waals surface area contributed by atoms with Gasteiger partial charge in [0.05, 0.1) is 10.1 Å². The fourth-order valence-electron chi connectivity index (χ4n) is 1.05. The minimum Gasteiger partial charge on any atom is -0.298 e. The summed E-state index contributed by atoms with van der Waals surface area (Å²) in [5, 5.41) is 0.570. The Morgan fingerprint density at radius 1 is 1.60 bits per heavy atom. The van der Waals surface area contributed by atoms with Crippen LogP contribution in [0.2, 0.25) is 4.34 Å². The van der Waals surface area contributed by atoms with Crippen LogP contribution in [0.5, 0.6) is 0 Å². The van der Waals surface area contributed by atoms with Crippen molar-refractivity contribution in [1.82, 2.24) is 0 Å². The highest BCUT2D eigenvalue weighted by molar-refractivity contribution is 8.00. The highest BCUT2D eigenvalue weighted by atomic mass is 35.5. The first-order chi connectivity index (χ1) is 7.11. The van der Waals surface area contributed by atoms with Gasteiger partial charge in [0.1, 0.15) is 5.78 Å². The molecule has 0 aliphatic rings. The molecule has 1 aromatic heterocycles. The first-order valence-corrected chi connectivity index (χ1v) is 7.23. The SMILES string of the molecule is CCC(C)SCC(=O)Cc1ccc(Cl)s1. The molecule has 0 saturated carbocycles. The van der Waals surface area contributed by atoms with Crippen LogP contribution < -0.4 is 0 Å². The van der Waals surface area contributed by atoms with E-state index in [1.54, 1.807) is 11.8 Å². The van der Waals surface area contributed by atoms with Gasteiger partial charge in [-0.25, -0.2) is 0 Å². The van der Waals surface area contributed by atoms with Crippen LogP contribution in [-0.2, 0) is 11.2 Å². The first kappa shape index (κ1) is 13.1. The molecular formula is C11H15ClOS2. The van der Waals surface area contributed by atoms with Crippen LogP contribution in [-0.4, -0.2) is 16.8 Å². The Bertz CT molecular complexity index is 322. The van der Waals surface area contributed by atoms with E-state index >= 15 is 0 Å². The van der Waals surface area contributed by atoms with Gasteiger partial charge in [0.2, 0.25) is 0 Å². The first-order valence-electron chi connectivity index (χ1n) is 4.99. The molecule has 15 heavy (non-hydrogen) atoms. The van der Waals surface area contributed by atoms with Gasteiger partial charge in [-0.3, -0.25) is 4.79 Å². The minimum absolute atomic E-state index is 0.291. The van der Waals surface area contributed by atoms with Gasteiger partial charge < -0.3 is 0 Å². The van der Waals surface area contributed by atoms with Crippen molar-refractivity contribution in [2.24, 2.45) is 0 Å². The average Bonchev–Trinajstić information content (AvgIpc) is 2.60. The van der Waals surface area contributed by atoms with Crippen LogP contribution in [0.3, 0.4) is 0 Å². The fourth-order valence-corrected chi connectivity index (χ4v) is 2.97. The van der Waals surface area contributed by atoms with Gasteiger partial charge in [-0.15, -0.1) is 11.3 Å². The average molecular weight is 263 g/mol. The molecule has 0 aliphatic heterocycles. The summed E-state index contributed by atoms with van der Waals surface area (Å²) < 4.78 is 0.757. The van der Waals surface area contributed by atoms with Crippen LogP contribution >= 0.6 is 34.7 Å². The van der Waals surface area contributed by atoms with E-state index in [-0.39, 0.29) is 0 Å². The third-order valence-corrected chi connectivity index (χ3v) is 4.73. The summed E-state index contributed by atoms with van der Waals surface area (Å²) in [4.78, 5) is 12.6. The highest BCUT2D eigenvalue weighted by Crippen LogP contribution is 2.22. The number of halogens is 1. The van der Waals surface area contributed by atoms with Crippen LogP contribution in [0.1, 0.15) is 25.1 Å². The monoisotopic (exact) mass is 262 g/mol. The van der Waals surface area contributed by atoms with E-state index < -0.39 is 0 Å². The lowest BCUT2D eigenvalue weighted by Crippen LogP contribution is -2.07. The second kappa shape index (κ2) is 6.56. The number of carbonyl (C=O) groups is 1.